The standard InChI is InChI=1S/C16H13ClF2N2O2/c1-9(20-16(23)10-2-4-11(17)5-3-10)15(22)21-14-7-6-12(18)8-13(14)19/h2-9H,1H3,(H,20,23)(H,21,22). The molecule has 2 N–H and O–H groups in total. The number of nitrogens with one attached hydrogen (secondary N) is 2. The Kier molecular flexibility index (Phi) is 5.28. The van der Waals surface area contributed by atoms with Gasteiger partial charge in [0.1, 0.15) is 17.7 Å². The lowest BCUT2D eigenvalue weighted by molar-refractivity contribution is -0.117. The van der Waals surface area contributed by atoms with Crippen LogP contribution >= 0.6 is 11.6 Å². The predicted octanol–water partition coefficient (Wildman–Crippen LogP) is 3.38. The molecule has 120 valence electrons. The minimum atomic E-state index is -0.914. The van der Waals surface area contributed by atoms with Crippen molar-refractivity contribution in [3.8, 4) is 0 Å². The fraction of sp³-hybridized carbons (Fsp3) is 0.125. The molecule has 1 unspecified atom stereocenters. The number of hydrogen-bond acceptors (Lipinski definition) is 2. The molecule has 0 aliphatic carbocycles. The Labute approximate surface area is 136 Å². The van der Waals surface area contributed by atoms with Crippen LogP contribution in [-0.2, 0) is 4.79 Å². The number of halogens is 3. The van der Waals surface area contributed by atoms with Crippen LogP contribution in [0.15, 0.2) is 42.5 Å². The summed E-state index contributed by atoms with van der Waals surface area (Å²) < 4.78 is 26.3. The second-order valence-corrected chi connectivity index (χ2v) is 5.25. The zero-order valence-electron chi connectivity index (χ0n) is 12.1. The van der Waals surface area contributed by atoms with Crippen LogP contribution in [0.2, 0.25) is 5.02 Å². The molecule has 0 aliphatic rings. The minimum Gasteiger partial charge on any atom is -0.341 e. The number of carbonyl (C=O) groups is 2. The van der Waals surface area contributed by atoms with Gasteiger partial charge in [0, 0.05) is 16.7 Å². The summed E-state index contributed by atoms with van der Waals surface area (Å²) in [6.07, 6.45) is 0. The lowest BCUT2D eigenvalue weighted by Crippen LogP contribution is -2.41. The quantitative estimate of drug-likeness (QED) is 0.898. The lowest BCUT2D eigenvalue weighted by atomic mass is 10.2. The Hall–Kier alpha value is -2.47. The predicted molar refractivity (Wildman–Crippen MR) is 83.4 cm³/mol. The average Bonchev–Trinajstić information content (AvgIpc) is 2.50. The molecule has 0 fully saturated rings. The molecule has 0 heterocycles. The Balaban J connectivity index is 1.99. The van der Waals surface area contributed by atoms with E-state index in [1.807, 2.05) is 0 Å². The van der Waals surface area contributed by atoms with Crippen molar-refractivity contribution in [3.05, 3.63) is 64.7 Å². The SMILES string of the molecule is CC(NC(=O)c1ccc(Cl)cc1)C(=O)Nc1ccc(F)cc1F. The number of anilines is 1. The molecular weight excluding hydrogens is 326 g/mol. The highest BCUT2D eigenvalue weighted by Gasteiger charge is 2.18. The summed E-state index contributed by atoms with van der Waals surface area (Å²) in [4.78, 5) is 23.9. The van der Waals surface area contributed by atoms with Gasteiger partial charge >= 0.3 is 0 Å². The second kappa shape index (κ2) is 7.19. The summed E-state index contributed by atoms with van der Waals surface area (Å²) in [6.45, 7) is 1.45. The van der Waals surface area contributed by atoms with E-state index in [-0.39, 0.29) is 5.69 Å². The maximum Gasteiger partial charge on any atom is 0.251 e. The summed E-state index contributed by atoms with van der Waals surface area (Å²) >= 11 is 5.73. The summed E-state index contributed by atoms with van der Waals surface area (Å²) in [5.41, 5.74) is 0.172. The van der Waals surface area contributed by atoms with E-state index in [1.54, 1.807) is 12.1 Å². The first-order valence-electron chi connectivity index (χ1n) is 6.69. The van der Waals surface area contributed by atoms with E-state index in [9.17, 15) is 18.4 Å². The van der Waals surface area contributed by atoms with Crippen molar-refractivity contribution in [1.29, 1.82) is 0 Å². The van der Waals surface area contributed by atoms with Gasteiger partial charge in [0.25, 0.3) is 5.91 Å². The molecule has 23 heavy (non-hydrogen) atoms. The fourth-order valence-corrected chi connectivity index (χ4v) is 1.90. The molecule has 7 heteroatoms. The number of amides is 2. The summed E-state index contributed by atoms with van der Waals surface area (Å²) in [7, 11) is 0. The summed E-state index contributed by atoms with van der Waals surface area (Å²) in [5, 5.41) is 5.25. The van der Waals surface area contributed by atoms with E-state index in [1.165, 1.54) is 19.1 Å². The Bertz CT molecular complexity index is 735. The number of carbonyl (C=O) groups excluding carboxylic acids is 2. The lowest BCUT2D eigenvalue weighted by Gasteiger charge is -2.14. The molecule has 0 aliphatic heterocycles. The third-order valence-corrected chi connectivity index (χ3v) is 3.29. The number of benzene rings is 2. The second-order valence-electron chi connectivity index (χ2n) is 4.82. The Morgan fingerprint density at radius 3 is 2.35 bits per heavy atom. The van der Waals surface area contributed by atoms with Crippen molar-refractivity contribution in [2.45, 2.75) is 13.0 Å². The molecule has 2 amide bonds. The van der Waals surface area contributed by atoms with E-state index < -0.39 is 29.5 Å². The van der Waals surface area contributed by atoms with Gasteiger partial charge in [0.15, 0.2) is 0 Å². The molecule has 2 aromatic rings. The first-order chi connectivity index (χ1) is 10.9. The Morgan fingerprint density at radius 2 is 1.74 bits per heavy atom. The van der Waals surface area contributed by atoms with Crippen LogP contribution < -0.4 is 10.6 Å². The molecule has 0 bridgehead atoms. The first kappa shape index (κ1) is 16.9. The van der Waals surface area contributed by atoms with Crippen molar-refractivity contribution in [1.82, 2.24) is 5.32 Å². The topological polar surface area (TPSA) is 58.2 Å². The monoisotopic (exact) mass is 338 g/mol. The molecule has 0 radical (unpaired) electrons. The number of rotatable bonds is 4. The van der Waals surface area contributed by atoms with Gasteiger partial charge < -0.3 is 10.6 Å². The van der Waals surface area contributed by atoms with Gasteiger partial charge in [-0.05, 0) is 43.3 Å². The smallest absolute Gasteiger partial charge is 0.251 e. The largest absolute Gasteiger partial charge is 0.341 e. The van der Waals surface area contributed by atoms with Crippen LogP contribution in [-0.4, -0.2) is 17.9 Å². The molecule has 0 aromatic heterocycles. The van der Waals surface area contributed by atoms with Gasteiger partial charge in [-0.1, -0.05) is 11.6 Å². The summed E-state index contributed by atoms with van der Waals surface area (Å²) in [5.74, 6) is -2.74. The minimum absolute atomic E-state index is 0.163. The highest BCUT2D eigenvalue weighted by Crippen LogP contribution is 2.15. The first-order valence-corrected chi connectivity index (χ1v) is 7.07. The fourth-order valence-electron chi connectivity index (χ4n) is 1.78. The zero-order chi connectivity index (χ0) is 17.0. The van der Waals surface area contributed by atoms with Crippen molar-refractivity contribution in [2.24, 2.45) is 0 Å². The van der Waals surface area contributed by atoms with Crippen LogP contribution in [0, 0.1) is 11.6 Å². The third kappa shape index (κ3) is 4.50. The van der Waals surface area contributed by atoms with E-state index in [2.05, 4.69) is 10.6 Å². The van der Waals surface area contributed by atoms with Gasteiger partial charge in [-0.2, -0.15) is 0 Å². The van der Waals surface area contributed by atoms with Crippen LogP contribution in [0.5, 0.6) is 0 Å². The third-order valence-electron chi connectivity index (χ3n) is 3.04. The van der Waals surface area contributed by atoms with Gasteiger partial charge in [0.2, 0.25) is 5.91 Å². The maximum atomic E-state index is 13.5. The van der Waals surface area contributed by atoms with Crippen LogP contribution in [0.3, 0.4) is 0 Å². The van der Waals surface area contributed by atoms with Crippen molar-refractivity contribution in [2.75, 3.05) is 5.32 Å². The molecule has 2 aromatic carbocycles. The normalized spacial score (nSPS) is 11.7. The average molecular weight is 339 g/mol. The zero-order valence-corrected chi connectivity index (χ0v) is 12.8. The molecule has 4 nitrogen and oxygen atoms in total. The maximum absolute atomic E-state index is 13.5. The molecule has 0 saturated carbocycles. The number of hydrogen-bond donors (Lipinski definition) is 2. The van der Waals surface area contributed by atoms with Gasteiger partial charge in [0.05, 0.1) is 5.69 Å². The van der Waals surface area contributed by atoms with Gasteiger partial charge in [-0.15, -0.1) is 0 Å². The molecule has 1 atom stereocenters. The van der Waals surface area contributed by atoms with E-state index >= 15 is 0 Å². The Morgan fingerprint density at radius 1 is 1.09 bits per heavy atom. The molecule has 2 rings (SSSR count). The van der Waals surface area contributed by atoms with Crippen molar-refractivity contribution in [3.63, 3.8) is 0 Å². The highest BCUT2D eigenvalue weighted by atomic mass is 35.5. The van der Waals surface area contributed by atoms with Crippen LogP contribution in [0.25, 0.3) is 0 Å². The highest BCUT2D eigenvalue weighted by molar-refractivity contribution is 6.30. The van der Waals surface area contributed by atoms with E-state index in [0.29, 0.717) is 16.7 Å². The van der Waals surface area contributed by atoms with Gasteiger partial charge in [-0.3, -0.25) is 9.59 Å². The summed E-state index contributed by atoms with van der Waals surface area (Å²) in [6, 6.07) is 8.01. The van der Waals surface area contributed by atoms with Gasteiger partial charge in [-0.25, -0.2) is 8.78 Å². The van der Waals surface area contributed by atoms with E-state index in [4.69, 9.17) is 11.6 Å². The van der Waals surface area contributed by atoms with E-state index in [0.717, 1.165) is 12.1 Å². The van der Waals surface area contributed by atoms with Crippen molar-refractivity contribution < 1.29 is 18.4 Å². The molecule has 0 saturated heterocycles. The molecular formula is C16H13ClF2N2O2. The van der Waals surface area contributed by atoms with Crippen molar-refractivity contribution >= 4 is 29.1 Å². The van der Waals surface area contributed by atoms with Crippen LogP contribution in [0.1, 0.15) is 17.3 Å². The van der Waals surface area contributed by atoms with Crippen LogP contribution in [0.4, 0.5) is 14.5 Å². The molecule has 0 spiro atoms.